The smallest absolute Gasteiger partial charge is 0.341 e. The van der Waals surface area contributed by atoms with Crippen LogP contribution in [0.2, 0.25) is 5.02 Å². The van der Waals surface area contributed by atoms with Gasteiger partial charge in [-0.05, 0) is 69.7 Å². The molecular formula is C26H31ClN4O4S2. The second kappa shape index (κ2) is 12.3. The van der Waals surface area contributed by atoms with Crippen molar-refractivity contribution < 1.29 is 19.1 Å². The number of esters is 1. The van der Waals surface area contributed by atoms with Crippen LogP contribution in [0.3, 0.4) is 0 Å². The molecule has 2 heterocycles. The molecule has 0 bridgehead atoms. The van der Waals surface area contributed by atoms with Crippen molar-refractivity contribution in [2.75, 3.05) is 17.7 Å². The van der Waals surface area contributed by atoms with Crippen LogP contribution in [0.4, 0.5) is 5.00 Å². The van der Waals surface area contributed by atoms with E-state index in [1.54, 1.807) is 19.1 Å². The van der Waals surface area contributed by atoms with Gasteiger partial charge in [0.1, 0.15) is 10.8 Å². The molecule has 8 nitrogen and oxygen atoms in total. The van der Waals surface area contributed by atoms with Gasteiger partial charge in [-0.3, -0.25) is 4.79 Å². The van der Waals surface area contributed by atoms with Gasteiger partial charge in [-0.25, -0.2) is 4.79 Å². The highest BCUT2D eigenvalue weighted by Gasteiger charge is 2.29. The Hall–Kier alpha value is -2.56. The van der Waals surface area contributed by atoms with Crippen molar-refractivity contribution in [1.29, 1.82) is 0 Å². The minimum Gasteiger partial charge on any atom is -0.483 e. The van der Waals surface area contributed by atoms with Gasteiger partial charge in [0.2, 0.25) is 5.91 Å². The summed E-state index contributed by atoms with van der Waals surface area (Å²) in [6.07, 6.45) is 2.40. The van der Waals surface area contributed by atoms with Crippen LogP contribution in [0.15, 0.2) is 29.4 Å². The predicted molar refractivity (Wildman–Crippen MR) is 147 cm³/mol. The number of aromatic nitrogens is 3. The SMILES string of the molecule is CCOC(=O)c1c(NC(=O)CSc2nnc(C(C)Oc3cccc(Cl)c3)n2CC)sc2c1CCC(C)C2. The molecule has 1 amide bonds. The number of anilines is 1. The summed E-state index contributed by atoms with van der Waals surface area (Å²) in [6, 6.07) is 7.20. The predicted octanol–water partition coefficient (Wildman–Crippen LogP) is 6.19. The number of thiophene rings is 1. The van der Waals surface area contributed by atoms with Crippen LogP contribution >= 0.6 is 34.7 Å². The fourth-order valence-corrected chi connectivity index (χ4v) is 6.76. The molecule has 4 rings (SSSR count). The number of halogens is 1. The number of nitrogens with zero attached hydrogens (tertiary/aromatic N) is 3. The number of fused-ring (bicyclic) bond motifs is 1. The zero-order valence-corrected chi connectivity index (χ0v) is 23.8. The zero-order valence-electron chi connectivity index (χ0n) is 21.4. The Morgan fingerprint density at radius 1 is 1.32 bits per heavy atom. The van der Waals surface area contributed by atoms with E-state index in [0.717, 1.165) is 29.7 Å². The molecular weight excluding hydrogens is 532 g/mol. The molecule has 1 aliphatic carbocycles. The van der Waals surface area contributed by atoms with E-state index in [-0.39, 0.29) is 30.3 Å². The van der Waals surface area contributed by atoms with Gasteiger partial charge < -0.3 is 19.4 Å². The lowest BCUT2D eigenvalue weighted by Gasteiger charge is -2.18. The molecule has 198 valence electrons. The summed E-state index contributed by atoms with van der Waals surface area (Å²) in [5.41, 5.74) is 1.53. The summed E-state index contributed by atoms with van der Waals surface area (Å²) in [5, 5.41) is 13.4. The van der Waals surface area contributed by atoms with E-state index in [1.807, 2.05) is 30.5 Å². The first-order valence-corrected chi connectivity index (χ1v) is 14.6. The minimum absolute atomic E-state index is 0.128. The fourth-order valence-electron chi connectivity index (χ4n) is 4.35. The number of benzene rings is 1. The van der Waals surface area contributed by atoms with Gasteiger partial charge in [0.25, 0.3) is 0 Å². The van der Waals surface area contributed by atoms with E-state index in [4.69, 9.17) is 21.1 Å². The molecule has 0 aliphatic heterocycles. The van der Waals surface area contributed by atoms with Crippen LogP contribution < -0.4 is 10.1 Å². The van der Waals surface area contributed by atoms with Crippen molar-refractivity contribution in [1.82, 2.24) is 14.8 Å². The summed E-state index contributed by atoms with van der Waals surface area (Å²) in [6.45, 7) is 8.80. The third-order valence-electron chi connectivity index (χ3n) is 6.11. The Kier molecular flexibility index (Phi) is 9.15. The van der Waals surface area contributed by atoms with Gasteiger partial charge in [-0.15, -0.1) is 21.5 Å². The van der Waals surface area contributed by atoms with Gasteiger partial charge in [-0.1, -0.05) is 36.4 Å². The van der Waals surface area contributed by atoms with Gasteiger partial charge in [0.15, 0.2) is 17.1 Å². The second-order valence-electron chi connectivity index (χ2n) is 8.92. The topological polar surface area (TPSA) is 95.3 Å². The summed E-state index contributed by atoms with van der Waals surface area (Å²) in [4.78, 5) is 26.8. The van der Waals surface area contributed by atoms with Gasteiger partial charge in [0, 0.05) is 16.4 Å². The number of hydrogen-bond acceptors (Lipinski definition) is 8. The summed E-state index contributed by atoms with van der Waals surface area (Å²) in [5.74, 6) is 1.40. The Morgan fingerprint density at radius 3 is 2.86 bits per heavy atom. The third kappa shape index (κ3) is 6.48. The van der Waals surface area contributed by atoms with Gasteiger partial charge in [-0.2, -0.15) is 0 Å². The maximum atomic E-state index is 12.9. The van der Waals surface area contributed by atoms with Gasteiger partial charge >= 0.3 is 5.97 Å². The molecule has 1 aliphatic rings. The Balaban J connectivity index is 1.44. The van der Waals surface area contributed by atoms with Crippen LogP contribution in [-0.2, 0) is 28.9 Å². The highest BCUT2D eigenvalue weighted by Crippen LogP contribution is 2.40. The number of rotatable bonds is 10. The normalized spacial score (nSPS) is 15.6. The second-order valence-corrected chi connectivity index (χ2v) is 11.4. The van der Waals surface area contributed by atoms with Crippen molar-refractivity contribution in [3.8, 4) is 5.75 Å². The number of hydrogen-bond donors (Lipinski definition) is 1. The number of amides is 1. The van der Waals surface area contributed by atoms with Crippen LogP contribution in [0, 0.1) is 5.92 Å². The van der Waals surface area contributed by atoms with Crippen molar-refractivity contribution in [2.24, 2.45) is 5.92 Å². The molecule has 0 spiro atoms. The number of carbonyl (C=O) groups excluding carboxylic acids is 2. The zero-order chi connectivity index (χ0) is 26.5. The highest BCUT2D eigenvalue weighted by molar-refractivity contribution is 7.99. The molecule has 0 saturated heterocycles. The van der Waals surface area contributed by atoms with E-state index in [0.29, 0.717) is 44.8 Å². The molecule has 1 N–H and O–H groups in total. The Morgan fingerprint density at radius 2 is 2.14 bits per heavy atom. The average Bonchev–Trinajstić information content (AvgIpc) is 3.43. The van der Waals surface area contributed by atoms with Crippen LogP contribution in [0.1, 0.15) is 66.8 Å². The summed E-state index contributed by atoms with van der Waals surface area (Å²) in [7, 11) is 0. The summed E-state index contributed by atoms with van der Waals surface area (Å²) < 4.78 is 13.2. The monoisotopic (exact) mass is 562 g/mol. The lowest BCUT2D eigenvalue weighted by Crippen LogP contribution is -2.18. The molecule has 0 fully saturated rings. The molecule has 0 radical (unpaired) electrons. The van der Waals surface area contributed by atoms with Crippen LogP contribution in [0.25, 0.3) is 0 Å². The Bertz CT molecular complexity index is 1280. The van der Waals surface area contributed by atoms with Crippen molar-refractivity contribution >= 4 is 51.6 Å². The van der Waals surface area contributed by atoms with Crippen molar-refractivity contribution in [2.45, 2.75) is 64.8 Å². The lowest BCUT2D eigenvalue weighted by atomic mass is 9.88. The minimum atomic E-state index is -0.374. The fraction of sp³-hybridized carbons (Fsp3) is 0.462. The van der Waals surface area contributed by atoms with E-state index in [1.165, 1.54) is 23.1 Å². The molecule has 2 unspecified atom stereocenters. The number of ether oxygens (including phenoxy) is 2. The standard InChI is InChI=1S/C26H31ClN4O4S2/c1-5-31-23(16(4)35-18-9-7-8-17(27)13-18)29-30-26(31)36-14-21(32)28-24-22(25(33)34-6-2)19-11-10-15(3)12-20(19)37-24/h7-9,13,15-16H,5-6,10-12,14H2,1-4H3,(H,28,32). The van der Waals surface area contributed by atoms with E-state index in [9.17, 15) is 9.59 Å². The third-order valence-corrected chi connectivity index (χ3v) is 8.48. The molecule has 37 heavy (non-hydrogen) atoms. The first kappa shape index (κ1) is 27.5. The van der Waals surface area contributed by atoms with Crippen LogP contribution in [-0.4, -0.2) is 39.0 Å². The van der Waals surface area contributed by atoms with Gasteiger partial charge in [0.05, 0.1) is 17.9 Å². The molecule has 0 saturated carbocycles. The molecule has 1 aromatic carbocycles. The van der Waals surface area contributed by atoms with Crippen molar-refractivity contribution in [3.63, 3.8) is 0 Å². The quantitative estimate of drug-likeness (QED) is 0.233. The molecule has 3 aromatic rings. The number of thioether (sulfide) groups is 1. The highest BCUT2D eigenvalue weighted by atomic mass is 35.5. The lowest BCUT2D eigenvalue weighted by molar-refractivity contribution is -0.113. The maximum Gasteiger partial charge on any atom is 0.341 e. The largest absolute Gasteiger partial charge is 0.483 e. The molecule has 2 aromatic heterocycles. The number of nitrogens with one attached hydrogen (secondary N) is 1. The van der Waals surface area contributed by atoms with E-state index >= 15 is 0 Å². The van der Waals surface area contributed by atoms with E-state index < -0.39 is 0 Å². The van der Waals surface area contributed by atoms with E-state index in [2.05, 4.69) is 22.4 Å². The average molecular weight is 563 g/mol. The van der Waals surface area contributed by atoms with Crippen molar-refractivity contribution in [3.05, 3.63) is 51.1 Å². The van der Waals surface area contributed by atoms with Crippen LogP contribution in [0.5, 0.6) is 5.75 Å². The summed E-state index contributed by atoms with van der Waals surface area (Å²) >= 11 is 8.85. The Labute approximate surface area is 230 Å². The molecule has 11 heteroatoms. The number of carbonyl (C=O) groups is 2. The first-order chi connectivity index (χ1) is 17.8. The maximum absolute atomic E-state index is 12.9. The first-order valence-electron chi connectivity index (χ1n) is 12.4. The molecule has 2 atom stereocenters.